The van der Waals surface area contributed by atoms with E-state index in [1.807, 2.05) is 62.4 Å². The largest absolute Gasteiger partial charge is 0.470 e. The molecule has 5 aromatic rings. The van der Waals surface area contributed by atoms with Crippen LogP contribution in [0.3, 0.4) is 0 Å². The molecule has 188 valence electrons. The first kappa shape index (κ1) is 25.2. The van der Waals surface area contributed by atoms with Crippen molar-refractivity contribution in [3.63, 3.8) is 0 Å². The Morgan fingerprint density at radius 2 is 1.95 bits per heavy atom. The van der Waals surface area contributed by atoms with Crippen molar-refractivity contribution in [2.45, 2.75) is 24.3 Å². The van der Waals surface area contributed by atoms with E-state index in [4.69, 9.17) is 10.5 Å². The van der Waals surface area contributed by atoms with Crippen LogP contribution < -0.4 is 21.3 Å². The second-order valence-electron chi connectivity index (χ2n) is 8.34. The highest BCUT2D eigenvalue weighted by Gasteiger charge is 2.20. The van der Waals surface area contributed by atoms with Crippen LogP contribution in [0, 0.1) is 0 Å². The van der Waals surface area contributed by atoms with Gasteiger partial charge < -0.3 is 15.8 Å². The van der Waals surface area contributed by atoms with E-state index in [1.54, 1.807) is 17.0 Å². The second-order valence-corrected chi connectivity index (χ2v) is 10.1. The van der Waals surface area contributed by atoms with Crippen molar-refractivity contribution in [1.29, 1.82) is 0 Å². The van der Waals surface area contributed by atoms with Gasteiger partial charge in [0, 0.05) is 28.2 Å². The number of anilines is 2. The minimum absolute atomic E-state index is 0.0501. The molecule has 0 aliphatic rings. The summed E-state index contributed by atoms with van der Waals surface area (Å²) in [5.41, 5.74) is 9.29. The first-order valence-electron chi connectivity index (χ1n) is 11.8. The third kappa shape index (κ3) is 5.03. The van der Waals surface area contributed by atoms with Crippen LogP contribution in [-0.4, -0.2) is 26.1 Å². The number of nitrogens with two attached hydrogens (primary N) is 1. The molecule has 37 heavy (non-hydrogen) atoms. The number of aromatic nitrogens is 4. The van der Waals surface area contributed by atoms with E-state index in [0.717, 1.165) is 42.6 Å². The van der Waals surface area contributed by atoms with Gasteiger partial charge in [-0.25, -0.2) is 9.97 Å². The summed E-state index contributed by atoms with van der Waals surface area (Å²) >= 11 is 3.71. The summed E-state index contributed by atoms with van der Waals surface area (Å²) in [6.07, 6.45) is 3.42. The molecular weight excluding hydrogens is 599 g/mol. The first-order valence-corrected chi connectivity index (χ1v) is 14.1. The Morgan fingerprint density at radius 1 is 1.14 bits per heavy atom. The number of rotatable bonds is 8. The van der Waals surface area contributed by atoms with Crippen molar-refractivity contribution in [3.05, 3.63) is 88.6 Å². The minimum Gasteiger partial charge on any atom is -0.470 e. The molecule has 1 atom stereocenters. The average molecular weight is 625 g/mol. The Morgan fingerprint density at radius 3 is 2.70 bits per heavy atom. The summed E-state index contributed by atoms with van der Waals surface area (Å²) < 4.78 is 8.06. The van der Waals surface area contributed by atoms with E-state index in [1.165, 1.54) is 11.3 Å². The lowest BCUT2D eigenvalue weighted by atomic mass is 10.0. The highest BCUT2D eigenvalue weighted by atomic mass is 127. The van der Waals surface area contributed by atoms with Crippen LogP contribution in [0.15, 0.2) is 71.8 Å². The molecule has 0 bridgehead atoms. The fourth-order valence-electron chi connectivity index (χ4n) is 4.27. The lowest BCUT2D eigenvalue weighted by molar-refractivity contribution is 0.338. The molecular formula is C27H25IN6O2S. The van der Waals surface area contributed by atoms with Gasteiger partial charge in [0.2, 0.25) is 5.95 Å². The molecule has 0 saturated heterocycles. The average Bonchev–Trinajstić information content (AvgIpc) is 3.37. The molecule has 0 unspecified atom stereocenters. The quantitative estimate of drug-likeness (QED) is 0.161. The molecule has 0 radical (unpaired) electrons. The molecule has 0 saturated carbocycles. The van der Waals surface area contributed by atoms with E-state index in [-0.39, 0.29) is 17.5 Å². The number of hydrogen-bond donors (Lipinski definition) is 2. The highest BCUT2D eigenvalue weighted by Crippen LogP contribution is 2.36. The fraction of sp³-hybridized carbons (Fsp3) is 0.185. The maximum Gasteiger partial charge on any atom is 0.273 e. The summed E-state index contributed by atoms with van der Waals surface area (Å²) in [6.45, 7) is 4.45. The number of halogens is 1. The maximum absolute atomic E-state index is 14.0. The molecule has 0 aliphatic heterocycles. The number of pyridine rings is 1. The van der Waals surface area contributed by atoms with Crippen molar-refractivity contribution in [3.8, 4) is 21.3 Å². The van der Waals surface area contributed by atoms with Gasteiger partial charge in [-0.3, -0.25) is 9.36 Å². The topological polar surface area (TPSA) is 108 Å². The van der Waals surface area contributed by atoms with Crippen LogP contribution in [0.5, 0.6) is 5.19 Å². The predicted molar refractivity (Wildman–Crippen MR) is 158 cm³/mol. The number of nitrogens with one attached hydrogen (secondary N) is 1. The summed E-state index contributed by atoms with van der Waals surface area (Å²) in [4.78, 5) is 27.8. The van der Waals surface area contributed by atoms with E-state index >= 15 is 0 Å². The SMILES string of the molecule is CCOc1ncc(-c2cnc(N)nc2N[C@@H](C)c2cc3cccc(CI)c3c(=O)n2-c2ccccc2)s1. The van der Waals surface area contributed by atoms with E-state index in [2.05, 4.69) is 48.9 Å². The molecule has 0 spiro atoms. The van der Waals surface area contributed by atoms with Crippen LogP contribution in [0.2, 0.25) is 0 Å². The maximum atomic E-state index is 14.0. The normalized spacial score (nSPS) is 12.0. The third-order valence-electron chi connectivity index (χ3n) is 5.94. The van der Waals surface area contributed by atoms with E-state index in [0.29, 0.717) is 17.6 Å². The Bertz CT molecular complexity index is 1620. The molecule has 10 heteroatoms. The molecule has 8 nitrogen and oxygen atoms in total. The predicted octanol–water partition coefficient (Wildman–Crippen LogP) is 5.99. The third-order valence-corrected chi connectivity index (χ3v) is 7.71. The van der Waals surface area contributed by atoms with Crippen LogP contribution in [0.4, 0.5) is 11.8 Å². The highest BCUT2D eigenvalue weighted by molar-refractivity contribution is 14.1. The summed E-state index contributed by atoms with van der Waals surface area (Å²) in [5, 5.41) is 5.70. The van der Waals surface area contributed by atoms with Gasteiger partial charge in [-0.2, -0.15) is 4.98 Å². The summed E-state index contributed by atoms with van der Waals surface area (Å²) in [5.74, 6) is 0.707. The molecule has 3 heterocycles. The number of hydrogen-bond acceptors (Lipinski definition) is 8. The standard InChI is InChI=1S/C27H25IN6O2S/c1-3-36-27-31-15-22(37-27)20-14-30-26(29)33-24(20)32-16(2)21-12-17-8-7-9-18(13-28)23(17)25(35)34(21)19-10-5-4-6-11-19/h4-12,14-16H,3,13H2,1-2H3,(H3,29,30,32,33)/t16-/m0/s1. The van der Waals surface area contributed by atoms with Crippen molar-refractivity contribution in [1.82, 2.24) is 19.5 Å². The van der Waals surface area contributed by atoms with Gasteiger partial charge in [0.25, 0.3) is 10.8 Å². The molecule has 3 aromatic heterocycles. The fourth-order valence-corrected chi connectivity index (χ4v) is 5.74. The monoisotopic (exact) mass is 624 g/mol. The number of nitrogen functional groups attached to an aromatic ring is 1. The van der Waals surface area contributed by atoms with Crippen molar-refractivity contribution in [2.24, 2.45) is 0 Å². The Kier molecular flexibility index (Phi) is 7.38. The van der Waals surface area contributed by atoms with E-state index < -0.39 is 0 Å². The van der Waals surface area contributed by atoms with Crippen LogP contribution >= 0.6 is 33.9 Å². The first-order chi connectivity index (χ1) is 18.0. The summed E-state index contributed by atoms with van der Waals surface area (Å²) in [6, 6.07) is 17.4. The molecule has 0 fully saturated rings. The summed E-state index contributed by atoms with van der Waals surface area (Å²) in [7, 11) is 0. The number of nitrogens with zero attached hydrogens (tertiary/aromatic N) is 4. The number of para-hydroxylation sites is 1. The Hall–Kier alpha value is -3.51. The van der Waals surface area contributed by atoms with Gasteiger partial charge in [0.05, 0.1) is 28.5 Å². The zero-order chi connectivity index (χ0) is 25.9. The lowest BCUT2D eigenvalue weighted by Crippen LogP contribution is -2.26. The number of benzene rings is 2. The molecule has 0 amide bonds. The number of fused-ring (bicyclic) bond motifs is 1. The van der Waals surface area contributed by atoms with Gasteiger partial charge in [0.1, 0.15) is 5.82 Å². The molecule has 2 aromatic carbocycles. The van der Waals surface area contributed by atoms with Crippen molar-refractivity contribution >= 4 is 56.5 Å². The van der Waals surface area contributed by atoms with Crippen LogP contribution in [-0.2, 0) is 4.43 Å². The van der Waals surface area contributed by atoms with Gasteiger partial charge in [-0.15, -0.1) is 0 Å². The lowest BCUT2D eigenvalue weighted by Gasteiger charge is -2.22. The van der Waals surface area contributed by atoms with Crippen molar-refractivity contribution in [2.75, 3.05) is 17.7 Å². The van der Waals surface area contributed by atoms with Crippen molar-refractivity contribution < 1.29 is 4.74 Å². The molecule has 5 rings (SSSR count). The van der Waals surface area contributed by atoms with E-state index in [9.17, 15) is 4.79 Å². The number of thiazole rings is 1. The number of alkyl halides is 1. The smallest absolute Gasteiger partial charge is 0.273 e. The zero-order valence-electron chi connectivity index (χ0n) is 20.3. The Balaban J connectivity index is 1.64. The van der Waals surface area contributed by atoms with Gasteiger partial charge >= 0.3 is 0 Å². The molecule has 0 aliphatic carbocycles. The van der Waals surface area contributed by atoms with Gasteiger partial charge in [-0.1, -0.05) is 70.3 Å². The number of ether oxygens (including phenoxy) is 1. The minimum atomic E-state index is -0.298. The van der Waals surface area contributed by atoms with Crippen LogP contribution in [0.25, 0.3) is 26.9 Å². The zero-order valence-corrected chi connectivity index (χ0v) is 23.3. The van der Waals surface area contributed by atoms with Crippen LogP contribution in [0.1, 0.15) is 31.1 Å². The second kappa shape index (κ2) is 10.9. The Labute approximate surface area is 231 Å². The van der Waals surface area contributed by atoms with Gasteiger partial charge in [0.15, 0.2) is 0 Å². The van der Waals surface area contributed by atoms with Gasteiger partial charge in [-0.05, 0) is 43.0 Å². The molecule has 3 N–H and O–H groups in total.